The highest BCUT2D eigenvalue weighted by Crippen LogP contribution is 2.09. The number of esters is 1. The molecule has 110 valence electrons. The van der Waals surface area contributed by atoms with Crippen molar-refractivity contribution in [2.75, 3.05) is 19.8 Å². The van der Waals surface area contributed by atoms with Crippen LogP contribution in [0, 0.1) is 0 Å². The number of amides is 1. The molecule has 0 aliphatic carbocycles. The van der Waals surface area contributed by atoms with Gasteiger partial charge in [-0.2, -0.15) is 0 Å². The zero-order valence-electron chi connectivity index (χ0n) is 11.5. The van der Waals surface area contributed by atoms with Crippen molar-refractivity contribution in [2.45, 2.75) is 19.3 Å². The van der Waals surface area contributed by atoms with Crippen LogP contribution in [0.5, 0.6) is 0 Å². The first-order valence-corrected chi connectivity index (χ1v) is 6.83. The average Bonchev–Trinajstić information content (AvgIpc) is 2.46. The minimum Gasteiger partial charge on any atom is -0.459 e. The Kier molecular flexibility index (Phi) is 6.87. The van der Waals surface area contributed by atoms with Crippen molar-refractivity contribution in [2.24, 2.45) is 0 Å². The van der Waals surface area contributed by atoms with Gasteiger partial charge in [0.05, 0.1) is 12.2 Å². The number of hydrogen-bond acceptors (Lipinski definition) is 4. The van der Waals surface area contributed by atoms with Gasteiger partial charge in [-0.05, 0) is 26.0 Å². The van der Waals surface area contributed by atoms with Crippen LogP contribution in [0.1, 0.15) is 24.2 Å². The molecule has 0 saturated heterocycles. The van der Waals surface area contributed by atoms with Crippen LogP contribution >= 0.6 is 11.6 Å². The summed E-state index contributed by atoms with van der Waals surface area (Å²) in [5, 5.41) is 0. The molecule has 0 aliphatic heterocycles. The molecule has 1 amide bonds. The summed E-state index contributed by atoms with van der Waals surface area (Å²) in [6.45, 7) is 4.02. The highest BCUT2D eigenvalue weighted by Gasteiger charge is 2.22. The number of likely N-dealkylation sites (N-methyl/N-ethyl adjacent to an activating group) is 1. The topological polar surface area (TPSA) is 55.8 Å². The second-order valence-corrected chi connectivity index (χ2v) is 4.39. The zero-order chi connectivity index (χ0) is 15.0. The van der Waals surface area contributed by atoms with Crippen LogP contribution in [0.15, 0.2) is 30.3 Å². The molecule has 0 heterocycles. The SMILES string of the molecule is CCOC(=O)N(CC)C(Cl)COC(=O)c1ccccc1. The summed E-state index contributed by atoms with van der Waals surface area (Å²) >= 11 is 6.06. The van der Waals surface area contributed by atoms with E-state index in [0.29, 0.717) is 12.1 Å². The molecule has 0 aliphatic rings. The maximum absolute atomic E-state index is 11.7. The third-order valence-electron chi connectivity index (χ3n) is 2.54. The van der Waals surface area contributed by atoms with Crippen LogP contribution in [0.2, 0.25) is 0 Å². The lowest BCUT2D eigenvalue weighted by atomic mass is 10.2. The first kappa shape index (κ1) is 16.3. The van der Waals surface area contributed by atoms with Crippen LogP contribution < -0.4 is 0 Å². The minimum absolute atomic E-state index is 0.0953. The lowest BCUT2D eigenvalue weighted by Crippen LogP contribution is -2.40. The largest absolute Gasteiger partial charge is 0.459 e. The second kappa shape index (κ2) is 8.43. The molecule has 0 fully saturated rings. The molecule has 1 atom stereocenters. The molecular weight excluding hydrogens is 282 g/mol. The number of hydrogen-bond donors (Lipinski definition) is 0. The van der Waals surface area contributed by atoms with Gasteiger partial charge in [-0.15, -0.1) is 0 Å². The number of nitrogens with zero attached hydrogens (tertiary/aromatic N) is 1. The number of benzene rings is 1. The maximum Gasteiger partial charge on any atom is 0.411 e. The van der Waals surface area contributed by atoms with Crippen LogP contribution in [0.3, 0.4) is 0 Å². The fourth-order valence-corrected chi connectivity index (χ4v) is 1.82. The first-order valence-electron chi connectivity index (χ1n) is 6.39. The summed E-state index contributed by atoms with van der Waals surface area (Å²) in [7, 11) is 0. The fourth-order valence-electron chi connectivity index (χ4n) is 1.54. The Labute approximate surface area is 123 Å². The zero-order valence-corrected chi connectivity index (χ0v) is 12.3. The summed E-state index contributed by atoms with van der Waals surface area (Å²) in [6.07, 6.45) is -0.522. The van der Waals surface area contributed by atoms with E-state index >= 15 is 0 Å². The van der Waals surface area contributed by atoms with Crippen molar-refractivity contribution >= 4 is 23.7 Å². The van der Waals surface area contributed by atoms with Crippen molar-refractivity contribution in [1.82, 2.24) is 4.90 Å². The molecule has 5 nitrogen and oxygen atoms in total. The average molecular weight is 300 g/mol. The van der Waals surface area contributed by atoms with Gasteiger partial charge in [0.1, 0.15) is 12.1 Å². The van der Waals surface area contributed by atoms with Gasteiger partial charge >= 0.3 is 12.1 Å². The summed E-state index contributed by atoms with van der Waals surface area (Å²) in [4.78, 5) is 24.6. The number of ether oxygens (including phenoxy) is 2. The lowest BCUT2D eigenvalue weighted by Gasteiger charge is -2.24. The summed E-state index contributed by atoms with van der Waals surface area (Å²) in [5.74, 6) is -0.476. The van der Waals surface area contributed by atoms with Crippen molar-refractivity contribution in [3.05, 3.63) is 35.9 Å². The fraction of sp³-hybridized carbons (Fsp3) is 0.429. The number of carbonyl (C=O) groups is 2. The molecular formula is C14H18ClNO4. The molecule has 1 aromatic rings. The van der Waals surface area contributed by atoms with E-state index < -0.39 is 17.6 Å². The van der Waals surface area contributed by atoms with E-state index in [4.69, 9.17) is 21.1 Å². The predicted octanol–water partition coefficient (Wildman–Crippen LogP) is 2.89. The Bertz CT molecular complexity index is 438. The van der Waals surface area contributed by atoms with Crippen molar-refractivity contribution in [3.8, 4) is 0 Å². The normalized spacial score (nSPS) is 11.6. The molecule has 0 aromatic heterocycles. The minimum atomic E-state index is -0.758. The standard InChI is InChI=1S/C14H18ClNO4/c1-3-16(14(18)19-4-2)12(15)10-20-13(17)11-8-6-5-7-9-11/h5-9,12H,3-4,10H2,1-2H3. The Morgan fingerprint density at radius 1 is 1.20 bits per heavy atom. The van der Waals surface area contributed by atoms with E-state index in [-0.39, 0.29) is 13.2 Å². The van der Waals surface area contributed by atoms with E-state index in [9.17, 15) is 9.59 Å². The van der Waals surface area contributed by atoms with Gasteiger partial charge < -0.3 is 9.47 Å². The van der Waals surface area contributed by atoms with E-state index in [1.807, 2.05) is 0 Å². The third kappa shape index (κ3) is 4.74. The van der Waals surface area contributed by atoms with Gasteiger partial charge in [0.25, 0.3) is 0 Å². The van der Waals surface area contributed by atoms with Crippen LogP contribution in [-0.4, -0.2) is 42.2 Å². The molecule has 0 radical (unpaired) electrons. The van der Waals surface area contributed by atoms with Gasteiger partial charge in [-0.1, -0.05) is 29.8 Å². The number of alkyl halides is 1. The van der Waals surface area contributed by atoms with Gasteiger partial charge in [-0.25, -0.2) is 9.59 Å². The highest BCUT2D eigenvalue weighted by molar-refractivity contribution is 6.21. The Hall–Kier alpha value is -1.75. The second-order valence-electron chi connectivity index (χ2n) is 3.88. The van der Waals surface area contributed by atoms with Gasteiger partial charge in [0.2, 0.25) is 0 Å². The maximum atomic E-state index is 11.7. The molecule has 1 unspecified atom stereocenters. The van der Waals surface area contributed by atoms with Crippen LogP contribution in [0.4, 0.5) is 4.79 Å². The smallest absolute Gasteiger partial charge is 0.411 e. The lowest BCUT2D eigenvalue weighted by molar-refractivity contribution is 0.0408. The summed E-state index contributed by atoms with van der Waals surface area (Å²) in [6, 6.07) is 8.58. The third-order valence-corrected chi connectivity index (χ3v) is 2.90. The van der Waals surface area contributed by atoms with Crippen molar-refractivity contribution in [3.63, 3.8) is 0 Å². The van der Waals surface area contributed by atoms with Gasteiger partial charge in [0.15, 0.2) is 0 Å². The first-order chi connectivity index (χ1) is 9.60. The van der Waals surface area contributed by atoms with Gasteiger partial charge in [0, 0.05) is 6.54 Å². The van der Waals surface area contributed by atoms with Gasteiger partial charge in [-0.3, -0.25) is 4.90 Å². The molecule has 20 heavy (non-hydrogen) atoms. The Morgan fingerprint density at radius 3 is 2.40 bits per heavy atom. The van der Waals surface area contributed by atoms with Crippen LogP contribution in [0.25, 0.3) is 0 Å². The molecule has 0 saturated carbocycles. The monoisotopic (exact) mass is 299 g/mol. The Balaban J connectivity index is 2.51. The van der Waals surface area contributed by atoms with E-state index in [2.05, 4.69) is 0 Å². The van der Waals surface area contributed by atoms with Crippen LogP contribution in [-0.2, 0) is 9.47 Å². The van der Waals surface area contributed by atoms with E-state index in [1.54, 1.807) is 44.2 Å². The highest BCUT2D eigenvalue weighted by atomic mass is 35.5. The molecule has 0 N–H and O–H groups in total. The Morgan fingerprint density at radius 2 is 1.85 bits per heavy atom. The molecule has 6 heteroatoms. The van der Waals surface area contributed by atoms with Crippen molar-refractivity contribution in [1.29, 1.82) is 0 Å². The summed E-state index contributed by atoms with van der Waals surface area (Å²) < 4.78 is 9.95. The summed E-state index contributed by atoms with van der Waals surface area (Å²) in [5.41, 5.74) is -0.317. The van der Waals surface area contributed by atoms with Crippen molar-refractivity contribution < 1.29 is 19.1 Å². The number of rotatable bonds is 6. The molecule has 1 aromatic carbocycles. The molecule has 0 bridgehead atoms. The number of carbonyl (C=O) groups excluding carboxylic acids is 2. The van der Waals surface area contributed by atoms with E-state index in [1.165, 1.54) is 4.90 Å². The predicted molar refractivity (Wildman–Crippen MR) is 75.8 cm³/mol. The number of halogens is 1. The molecule has 1 rings (SSSR count). The molecule has 0 spiro atoms. The quantitative estimate of drug-likeness (QED) is 0.460. The van der Waals surface area contributed by atoms with E-state index in [0.717, 1.165) is 0 Å².